The van der Waals surface area contributed by atoms with E-state index in [2.05, 4.69) is 8.91 Å². The molecule has 0 fully saturated rings. The second kappa shape index (κ2) is 6.42. The van der Waals surface area contributed by atoms with Gasteiger partial charge < -0.3 is 8.92 Å². The van der Waals surface area contributed by atoms with E-state index in [0.717, 1.165) is 24.3 Å². The lowest BCUT2D eigenvalue weighted by Crippen LogP contribution is -2.12. The van der Waals surface area contributed by atoms with Crippen LogP contribution in [0.3, 0.4) is 0 Å². The summed E-state index contributed by atoms with van der Waals surface area (Å²) in [4.78, 5) is -0.142. The Bertz CT molecular complexity index is 877. The Morgan fingerprint density at radius 3 is 1.87 bits per heavy atom. The van der Waals surface area contributed by atoms with E-state index in [-0.39, 0.29) is 10.6 Å². The fraction of sp³-hybridized carbons (Fsp3) is 0.0769. The highest BCUT2D eigenvalue weighted by molar-refractivity contribution is 7.92. The van der Waals surface area contributed by atoms with Crippen molar-refractivity contribution in [1.29, 1.82) is 0 Å². The zero-order valence-corrected chi connectivity index (χ0v) is 13.4. The number of hydrogen-bond acceptors (Lipinski definition) is 6. The van der Waals surface area contributed by atoms with E-state index in [0.29, 0.717) is 11.4 Å². The van der Waals surface area contributed by atoms with Crippen molar-refractivity contribution in [2.75, 3.05) is 11.8 Å². The van der Waals surface area contributed by atoms with E-state index < -0.39 is 20.5 Å². The number of halogens is 1. The number of hydrogen-bond donors (Lipinski definition) is 1. The minimum atomic E-state index is -5.16. The van der Waals surface area contributed by atoms with Crippen molar-refractivity contribution in [3.8, 4) is 11.5 Å². The molecule has 0 bridgehead atoms. The smallest absolute Gasteiger partial charge is 0.488 e. The molecule has 10 heteroatoms. The molecule has 124 valence electrons. The Morgan fingerprint density at radius 1 is 0.870 bits per heavy atom. The van der Waals surface area contributed by atoms with Gasteiger partial charge in [0.05, 0.1) is 12.0 Å². The highest BCUT2D eigenvalue weighted by atomic mass is 32.3. The molecule has 7 nitrogen and oxygen atoms in total. The molecule has 2 aromatic rings. The topological polar surface area (TPSA) is 98.8 Å². The fourth-order valence-electron chi connectivity index (χ4n) is 1.66. The number of rotatable bonds is 6. The normalized spacial score (nSPS) is 11.7. The molecule has 0 spiro atoms. The lowest BCUT2D eigenvalue weighted by atomic mass is 10.3. The Hall–Kier alpha value is -2.33. The van der Waals surface area contributed by atoms with Crippen LogP contribution in [0.4, 0.5) is 9.57 Å². The number of ether oxygens (including phenoxy) is 1. The number of sulfonamides is 1. The van der Waals surface area contributed by atoms with Crippen LogP contribution < -0.4 is 13.6 Å². The van der Waals surface area contributed by atoms with Crippen molar-refractivity contribution in [3.63, 3.8) is 0 Å². The molecule has 1 N–H and O–H groups in total. The lowest BCUT2D eigenvalue weighted by Gasteiger charge is -2.09. The average molecular weight is 361 g/mol. The van der Waals surface area contributed by atoms with Crippen molar-refractivity contribution in [2.24, 2.45) is 0 Å². The predicted molar refractivity (Wildman–Crippen MR) is 80.9 cm³/mol. The van der Waals surface area contributed by atoms with Gasteiger partial charge in [0.15, 0.2) is 0 Å². The van der Waals surface area contributed by atoms with Crippen LogP contribution >= 0.6 is 0 Å². The van der Waals surface area contributed by atoms with Gasteiger partial charge in [-0.1, -0.05) is 3.89 Å². The summed E-state index contributed by atoms with van der Waals surface area (Å²) in [7, 11) is -7.55. The first-order chi connectivity index (χ1) is 10.7. The number of methoxy groups -OCH3 is 1. The molecule has 0 saturated carbocycles. The zero-order valence-electron chi connectivity index (χ0n) is 11.8. The molecule has 0 saturated heterocycles. The van der Waals surface area contributed by atoms with Crippen LogP contribution in [-0.2, 0) is 20.5 Å². The van der Waals surface area contributed by atoms with Gasteiger partial charge in [0.1, 0.15) is 11.5 Å². The van der Waals surface area contributed by atoms with Crippen LogP contribution in [0.5, 0.6) is 11.5 Å². The third-order valence-corrected chi connectivity index (χ3v) is 4.46. The molecular weight excluding hydrogens is 349 g/mol. The van der Waals surface area contributed by atoms with Crippen molar-refractivity contribution >= 4 is 26.2 Å². The van der Waals surface area contributed by atoms with Gasteiger partial charge in [-0.15, -0.1) is 0 Å². The van der Waals surface area contributed by atoms with Gasteiger partial charge in [0.25, 0.3) is 10.0 Å². The summed E-state index contributed by atoms with van der Waals surface area (Å²) < 4.78 is 68.7. The second-order valence-electron chi connectivity index (χ2n) is 4.28. The van der Waals surface area contributed by atoms with Gasteiger partial charge >= 0.3 is 10.5 Å². The van der Waals surface area contributed by atoms with Crippen LogP contribution in [0.1, 0.15) is 0 Å². The minimum Gasteiger partial charge on any atom is -0.497 e. The Morgan fingerprint density at radius 2 is 1.39 bits per heavy atom. The summed E-state index contributed by atoms with van der Waals surface area (Å²) in [5.74, 6) is 0.234. The van der Waals surface area contributed by atoms with Crippen molar-refractivity contribution in [1.82, 2.24) is 0 Å². The van der Waals surface area contributed by atoms with Crippen LogP contribution in [0.15, 0.2) is 53.4 Å². The molecule has 0 radical (unpaired) electrons. The predicted octanol–water partition coefficient (Wildman–Crippen LogP) is 2.09. The SMILES string of the molecule is COc1ccc(NS(=O)(=O)c2ccc(OS(=O)(=O)F)cc2)cc1. The summed E-state index contributed by atoms with van der Waals surface area (Å²) >= 11 is 0. The molecule has 0 aromatic heterocycles. The molecule has 0 aliphatic carbocycles. The maximum absolute atomic E-state index is 12.4. The molecule has 0 aliphatic rings. The van der Waals surface area contributed by atoms with E-state index in [1.54, 1.807) is 12.1 Å². The van der Waals surface area contributed by atoms with Crippen molar-refractivity contribution in [3.05, 3.63) is 48.5 Å². The number of nitrogens with one attached hydrogen (secondary N) is 1. The Labute approximate surface area is 133 Å². The molecule has 2 rings (SSSR count). The Kier molecular flexibility index (Phi) is 4.76. The quantitative estimate of drug-likeness (QED) is 0.791. The van der Waals surface area contributed by atoms with Crippen molar-refractivity contribution < 1.29 is 29.6 Å². The van der Waals surface area contributed by atoms with E-state index in [4.69, 9.17) is 4.74 Å². The fourth-order valence-corrected chi connectivity index (χ4v) is 3.06. The van der Waals surface area contributed by atoms with Gasteiger partial charge in [-0.25, -0.2) is 8.42 Å². The maximum atomic E-state index is 12.4. The largest absolute Gasteiger partial charge is 0.497 e. The Balaban J connectivity index is 2.18. The third-order valence-electron chi connectivity index (χ3n) is 2.67. The summed E-state index contributed by atoms with van der Waals surface area (Å²) in [6, 6.07) is 10.4. The molecule has 0 amide bonds. The molecule has 0 atom stereocenters. The van der Waals surface area contributed by atoms with E-state index in [1.807, 2.05) is 0 Å². The molecule has 0 aliphatic heterocycles. The molecular formula is C13H12FNO6S2. The lowest BCUT2D eigenvalue weighted by molar-refractivity contribution is 0.415. The maximum Gasteiger partial charge on any atom is 0.488 e. The van der Waals surface area contributed by atoms with E-state index in [1.165, 1.54) is 19.2 Å². The first-order valence-electron chi connectivity index (χ1n) is 6.11. The molecule has 2 aromatic carbocycles. The van der Waals surface area contributed by atoms with Crippen LogP contribution in [0.25, 0.3) is 0 Å². The third kappa shape index (κ3) is 4.83. The van der Waals surface area contributed by atoms with Crippen molar-refractivity contribution in [2.45, 2.75) is 4.90 Å². The standard InChI is InChI=1S/C13H12FNO6S2/c1-20-11-4-2-10(3-5-11)15-22(16,17)13-8-6-12(7-9-13)21-23(14,18)19/h2-9,15H,1H3. The highest BCUT2D eigenvalue weighted by Crippen LogP contribution is 2.21. The highest BCUT2D eigenvalue weighted by Gasteiger charge is 2.16. The van der Waals surface area contributed by atoms with Crippen LogP contribution in [-0.4, -0.2) is 23.9 Å². The summed E-state index contributed by atoms with van der Waals surface area (Å²) in [6.07, 6.45) is 0. The number of benzene rings is 2. The number of anilines is 1. The van der Waals surface area contributed by atoms with Gasteiger partial charge in [0.2, 0.25) is 0 Å². The zero-order chi connectivity index (χ0) is 17.1. The first kappa shape index (κ1) is 17.0. The van der Waals surface area contributed by atoms with E-state index in [9.17, 15) is 20.7 Å². The summed E-state index contributed by atoms with van der Waals surface area (Å²) in [5, 5.41) is 0. The molecule has 0 heterocycles. The average Bonchev–Trinajstić information content (AvgIpc) is 2.46. The van der Waals surface area contributed by atoms with E-state index >= 15 is 0 Å². The van der Waals surface area contributed by atoms with Gasteiger partial charge in [-0.05, 0) is 48.5 Å². The van der Waals surface area contributed by atoms with Crippen LogP contribution in [0.2, 0.25) is 0 Å². The molecule has 23 heavy (non-hydrogen) atoms. The second-order valence-corrected chi connectivity index (χ2v) is 6.92. The minimum absolute atomic E-state index is 0.142. The first-order valence-corrected chi connectivity index (χ1v) is 8.90. The molecule has 0 unspecified atom stereocenters. The van der Waals surface area contributed by atoms with Gasteiger partial charge in [0, 0.05) is 5.69 Å². The van der Waals surface area contributed by atoms with Gasteiger partial charge in [-0.2, -0.15) is 8.42 Å². The van der Waals surface area contributed by atoms with Gasteiger partial charge in [-0.3, -0.25) is 4.72 Å². The summed E-state index contributed by atoms with van der Waals surface area (Å²) in [5.41, 5.74) is 0.317. The monoisotopic (exact) mass is 361 g/mol. The van der Waals surface area contributed by atoms with Crippen LogP contribution in [0, 0.1) is 0 Å². The summed E-state index contributed by atoms with van der Waals surface area (Å²) in [6.45, 7) is 0.